The smallest absolute Gasteiger partial charge is 0.383 e. The second-order valence-electron chi connectivity index (χ2n) is 29.4. The van der Waals surface area contributed by atoms with Crippen LogP contribution < -0.4 is 63.8 Å². The number of pyridine rings is 8. The number of hydrogen-bond acceptors (Lipinski definition) is 24. The zero-order valence-electron chi connectivity index (χ0n) is 66.8. The lowest BCUT2D eigenvalue weighted by Gasteiger charge is -2.35. The molecule has 3 unspecified atom stereocenters. The van der Waals surface area contributed by atoms with Crippen molar-refractivity contribution in [3.05, 3.63) is 250 Å². The number of carbonyl (C=O) groups is 4. The zero-order chi connectivity index (χ0) is 84.9. The van der Waals surface area contributed by atoms with Gasteiger partial charge < -0.3 is 63.8 Å². The lowest BCUT2D eigenvalue weighted by atomic mass is 9.97. The van der Waals surface area contributed by atoms with Crippen molar-refractivity contribution in [3.63, 3.8) is 0 Å². The first-order chi connectivity index (χ1) is 57.2. The Balaban J connectivity index is 0.000000565. The van der Waals surface area contributed by atoms with Gasteiger partial charge in [0.2, 0.25) is 23.1 Å². The van der Waals surface area contributed by atoms with Crippen molar-refractivity contribution >= 4 is 69.7 Å². The molecule has 10 aromatic rings. The Bertz CT molecular complexity index is 5290. The van der Waals surface area contributed by atoms with E-state index in [0.29, 0.717) is 90.1 Å². The Morgan fingerprint density at radius 2 is 0.849 bits per heavy atom. The van der Waals surface area contributed by atoms with E-state index in [1.807, 2.05) is 46.2 Å². The molecule has 4 fully saturated rings. The number of anilines is 8. The molecule has 14 rings (SSSR count). The summed E-state index contributed by atoms with van der Waals surface area (Å²) in [6, 6.07) is 41.9. The third-order valence-electron chi connectivity index (χ3n) is 20.4. The van der Waals surface area contributed by atoms with Gasteiger partial charge >= 0.3 is 12.4 Å². The van der Waals surface area contributed by atoms with Crippen LogP contribution in [0.4, 0.5) is 77.3 Å². The van der Waals surface area contributed by atoms with E-state index in [1.54, 1.807) is 61.7 Å². The molecular formula is C88H115F7N20O4. The molecule has 0 radical (unpaired) electrons. The monoisotopic (exact) mass is 1650 g/mol. The number of nitrogen functional groups attached to an aromatic ring is 4. The summed E-state index contributed by atoms with van der Waals surface area (Å²) < 4.78 is 95.8. The third kappa shape index (κ3) is 22.5. The van der Waals surface area contributed by atoms with E-state index in [-0.39, 0.29) is 88.2 Å². The highest BCUT2D eigenvalue weighted by molar-refractivity contribution is 6.15. The first kappa shape index (κ1) is 87.5. The number of alkyl halides is 6. The molecule has 119 heavy (non-hydrogen) atoms. The summed E-state index contributed by atoms with van der Waals surface area (Å²) in [6.07, 6.45) is 2.21. The molecular weight excluding hydrogens is 1530 g/mol. The van der Waals surface area contributed by atoms with Gasteiger partial charge in [-0.3, -0.25) is 19.2 Å². The maximum atomic E-state index is 14.6. The SMILES string of the molecule is CC#Cc1ccc(N2CCNC(c3ccccc3)C2)nc1C(=O)c1cccnc1N.CC(C)C[C@H]1CN(c2ccc(-c3ccccc3F)c(C(=O)c3cccnc3N)n2)CCN1.CCCC1CN(c2ccc(C(F)(F)F)c(C(=O)c3cccnc3N)n2)CCCN1.CCCC1CN(c2ccc(C(F)(F)F)c(C(=O)c3cccnc3N)n2)CCN1.[HH].[HH].[HH].[HH].[HH].[HH].[HH].[HH].[HH]. The number of aromatic nitrogens is 8. The Hall–Kier alpha value is -12.4. The van der Waals surface area contributed by atoms with Crippen LogP contribution in [-0.2, 0) is 12.4 Å². The van der Waals surface area contributed by atoms with Crippen molar-refractivity contribution in [2.45, 2.75) is 110 Å². The number of ketones is 4. The van der Waals surface area contributed by atoms with Crippen molar-refractivity contribution in [2.24, 2.45) is 5.92 Å². The van der Waals surface area contributed by atoms with Crippen LogP contribution in [0.5, 0.6) is 0 Å². The van der Waals surface area contributed by atoms with E-state index in [2.05, 4.69) is 113 Å². The van der Waals surface area contributed by atoms with Gasteiger partial charge in [0.05, 0.1) is 38.9 Å². The molecule has 0 amide bonds. The first-order valence-electron chi connectivity index (χ1n) is 39.6. The summed E-state index contributed by atoms with van der Waals surface area (Å²) in [5.74, 6) is 5.83. The number of piperazine rings is 3. The number of nitrogens with one attached hydrogen (secondary N) is 4. The molecule has 0 aliphatic carbocycles. The number of benzene rings is 2. The number of nitrogens with zero attached hydrogens (tertiary/aromatic N) is 12. The fourth-order valence-corrected chi connectivity index (χ4v) is 14.7. The zero-order valence-corrected chi connectivity index (χ0v) is 66.8. The molecule has 0 bridgehead atoms. The second kappa shape index (κ2) is 40.7. The molecule has 0 spiro atoms. The minimum absolute atomic E-state index is 0. The van der Waals surface area contributed by atoms with Gasteiger partial charge in [-0.05, 0) is 154 Å². The Morgan fingerprint density at radius 1 is 0.454 bits per heavy atom. The van der Waals surface area contributed by atoms with E-state index < -0.39 is 52.3 Å². The van der Waals surface area contributed by atoms with Crippen molar-refractivity contribution in [3.8, 4) is 23.0 Å². The Kier molecular flexibility index (Phi) is 29.9. The molecule has 640 valence electrons. The van der Waals surface area contributed by atoms with Gasteiger partial charge in [0.1, 0.15) is 75.1 Å². The first-order valence-corrected chi connectivity index (χ1v) is 39.6. The topological polar surface area (TPSA) is 337 Å². The predicted octanol–water partition coefficient (Wildman–Crippen LogP) is 15.1. The standard InChI is InChI=1S/C25H28FN5O.C24H23N5O.C20H24F3N5O.C19H22F3N5O.9H2/c1-16(2)14-17-15-31(13-12-28-17)22-10-9-19(18-6-3-4-8-21(18)26)23(30-22)24(32)20-7-5-11-29-25(20)27;1-2-7-18-11-12-21(28-22(18)23(30)19-10-6-13-27-24(19)25)29-15-14-26-20(16-29)17-8-4-3-5-9-17;1-2-5-13-12-28(11-4-10-25-13)16-8-7-15(20(21,22)23)17(27-16)18(29)14-6-3-9-26-19(14)24;1-2-4-12-11-27(10-9-24-12)15-7-6-14(19(20,21)22)16(26-15)17(28)13-5-3-8-25-18(13)23;;;;;;;;;/h3-11,16-17,28H,12-15H2,1-2H3,(H2,27,29);3-6,8-13,20,26H,14-16H2,1H3,(H2,25,27);3,6-9,13,25H,2,4-5,10-12H2,1H3,(H2,24,26);3,5-8,12,24H,2,4,9-11H2,1H3,(H2,23,25);9*1H/t17-;;;;;;;;;;;;/m0............/s1. The van der Waals surface area contributed by atoms with Gasteiger partial charge in [0, 0.05) is 145 Å². The molecule has 12 N–H and O–H groups in total. The fraction of sp³-hybridized carbons (Fsp3) is 0.341. The van der Waals surface area contributed by atoms with Crippen LogP contribution in [0.1, 0.15) is 178 Å². The molecule has 0 saturated carbocycles. The molecule has 4 atom stereocenters. The minimum atomic E-state index is -4.71. The second-order valence-corrected chi connectivity index (χ2v) is 29.4. The highest BCUT2D eigenvalue weighted by atomic mass is 19.4. The largest absolute Gasteiger partial charge is 0.418 e. The summed E-state index contributed by atoms with van der Waals surface area (Å²) in [5, 5.41) is 13.9. The molecule has 4 aliphatic rings. The summed E-state index contributed by atoms with van der Waals surface area (Å²) >= 11 is 0. The number of nitrogens with two attached hydrogens (primary N) is 4. The van der Waals surface area contributed by atoms with E-state index in [9.17, 15) is 49.9 Å². The van der Waals surface area contributed by atoms with E-state index in [0.717, 1.165) is 102 Å². The Labute approximate surface area is 700 Å². The summed E-state index contributed by atoms with van der Waals surface area (Å²) in [5.41, 5.74) is 23.3. The van der Waals surface area contributed by atoms with Crippen LogP contribution in [0, 0.1) is 23.6 Å². The third-order valence-corrected chi connectivity index (χ3v) is 20.4. The Morgan fingerprint density at radius 3 is 1.31 bits per heavy atom. The number of halogens is 7. The summed E-state index contributed by atoms with van der Waals surface area (Å²) in [6.45, 7) is 19.1. The van der Waals surface area contributed by atoms with Crippen LogP contribution in [0.2, 0.25) is 0 Å². The van der Waals surface area contributed by atoms with Crippen molar-refractivity contribution in [2.75, 3.05) is 121 Å². The molecule has 24 nitrogen and oxygen atoms in total. The average Bonchev–Trinajstić information content (AvgIpc) is 0.841. The molecule has 8 aromatic heterocycles. The van der Waals surface area contributed by atoms with E-state index in [1.165, 1.54) is 66.6 Å². The molecule has 2 aromatic carbocycles. The lowest BCUT2D eigenvalue weighted by Crippen LogP contribution is -2.51. The van der Waals surface area contributed by atoms with Crippen LogP contribution >= 0.6 is 0 Å². The van der Waals surface area contributed by atoms with Gasteiger partial charge in [-0.15, -0.1) is 5.92 Å². The van der Waals surface area contributed by atoms with Gasteiger partial charge in [-0.2, -0.15) is 26.3 Å². The fourth-order valence-electron chi connectivity index (χ4n) is 14.7. The van der Waals surface area contributed by atoms with Crippen molar-refractivity contribution < 1.29 is 62.8 Å². The van der Waals surface area contributed by atoms with Crippen LogP contribution in [-0.4, -0.2) is 160 Å². The number of carbonyl (C=O) groups excluding carboxylic acids is 4. The quantitative estimate of drug-likeness (QED) is 0.0200. The minimum Gasteiger partial charge on any atom is -0.383 e. The molecule has 12 heterocycles. The van der Waals surface area contributed by atoms with Crippen molar-refractivity contribution in [1.29, 1.82) is 0 Å². The highest BCUT2D eigenvalue weighted by Crippen LogP contribution is 2.38. The molecule has 4 saturated heterocycles. The van der Waals surface area contributed by atoms with Gasteiger partial charge in [0.15, 0.2) is 0 Å². The number of hydrogen-bond donors (Lipinski definition) is 8. The maximum absolute atomic E-state index is 14.6. The average molecular weight is 1650 g/mol. The summed E-state index contributed by atoms with van der Waals surface area (Å²) in [7, 11) is 0. The predicted molar refractivity (Wildman–Crippen MR) is 468 cm³/mol. The lowest BCUT2D eigenvalue weighted by molar-refractivity contribution is -0.138. The van der Waals surface area contributed by atoms with Gasteiger partial charge in [-0.1, -0.05) is 95.0 Å². The van der Waals surface area contributed by atoms with Gasteiger partial charge in [0.25, 0.3) is 0 Å². The maximum Gasteiger partial charge on any atom is 0.418 e. The number of rotatable bonds is 20. The highest BCUT2D eigenvalue weighted by Gasteiger charge is 2.40. The van der Waals surface area contributed by atoms with E-state index in [4.69, 9.17) is 32.9 Å². The summed E-state index contributed by atoms with van der Waals surface area (Å²) in [4.78, 5) is 94.0. The normalized spacial score (nSPS) is 16.9. The van der Waals surface area contributed by atoms with Crippen LogP contribution in [0.15, 0.2) is 176 Å². The van der Waals surface area contributed by atoms with Gasteiger partial charge in [-0.25, -0.2) is 44.3 Å². The van der Waals surface area contributed by atoms with E-state index >= 15 is 0 Å². The molecule has 31 heteroatoms. The van der Waals surface area contributed by atoms with Crippen molar-refractivity contribution in [1.82, 2.24) is 61.1 Å². The van der Waals surface area contributed by atoms with Crippen LogP contribution in [0.25, 0.3) is 11.1 Å². The van der Waals surface area contributed by atoms with Crippen LogP contribution in [0.3, 0.4) is 0 Å². The molecule has 4 aliphatic heterocycles.